The van der Waals surface area contributed by atoms with Crippen LogP contribution in [0.3, 0.4) is 0 Å². The van der Waals surface area contributed by atoms with Crippen molar-refractivity contribution in [2.75, 3.05) is 4.90 Å². The van der Waals surface area contributed by atoms with Gasteiger partial charge in [-0.05, 0) is 115 Å². The van der Waals surface area contributed by atoms with Gasteiger partial charge in [0.2, 0.25) is 0 Å². The third kappa shape index (κ3) is 5.10. The van der Waals surface area contributed by atoms with Crippen LogP contribution >= 0.6 is 11.3 Å². The number of anilines is 3. The first kappa shape index (κ1) is 33.8. The average Bonchev–Trinajstić information content (AvgIpc) is 3.85. The number of fused-ring (bicyclic) bond motifs is 9. The maximum atomic E-state index is 2.43. The van der Waals surface area contributed by atoms with Gasteiger partial charge in [-0.2, -0.15) is 0 Å². The lowest BCUT2D eigenvalue weighted by Crippen LogP contribution is -2.28. The molecule has 0 saturated carbocycles. The van der Waals surface area contributed by atoms with Gasteiger partial charge < -0.3 is 4.90 Å². The van der Waals surface area contributed by atoms with E-state index in [9.17, 15) is 0 Å². The maximum Gasteiger partial charge on any atom is 0.0719 e. The first-order valence-corrected chi connectivity index (χ1v) is 21.2. The van der Waals surface area contributed by atoms with E-state index in [1.54, 1.807) is 0 Å². The number of nitrogens with zero attached hydrogens (tertiary/aromatic N) is 1. The zero-order valence-corrected chi connectivity index (χ0v) is 33.0. The summed E-state index contributed by atoms with van der Waals surface area (Å²) in [6.45, 7) is 0. The van der Waals surface area contributed by atoms with Crippen molar-refractivity contribution in [1.29, 1.82) is 0 Å². The molecule has 0 saturated heterocycles. The van der Waals surface area contributed by atoms with E-state index in [0.717, 1.165) is 11.4 Å². The van der Waals surface area contributed by atoms with Gasteiger partial charge in [0, 0.05) is 26.8 Å². The highest BCUT2D eigenvalue weighted by molar-refractivity contribution is 7.26. The van der Waals surface area contributed by atoms with Crippen LogP contribution in [-0.4, -0.2) is 0 Å². The molecule has 1 aliphatic carbocycles. The Bertz CT molecular complexity index is 3340. The van der Waals surface area contributed by atoms with Crippen LogP contribution in [0.5, 0.6) is 0 Å². The molecule has 0 bridgehead atoms. The van der Waals surface area contributed by atoms with Crippen molar-refractivity contribution in [3.63, 3.8) is 0 Å². The Morgan fingerprint density at radius 1 is 0.390 bits per heavy atom. The highest BCUT2D eigenvalue weighted by atomic mass is 32.1. The summed E-state index contributed by atoms with van der Waals surface area (Å²) in [6.07, 6.45) is 0. The van der Waals surface area contributed by atoms with Crippen molar-refractivity contribution in [3.05, 3.63) is 247 Å². The van der Waals surface area contributed by atoms with E-state index in [-0.39, 0.29) is 0 Å². The minimum atomic E-state index is -0.492. The Morgan fingerprint density at radius 3 is 1.81 bits per heavy atom. The zero-order chi connectivity index (χ0) is 38.9. The first-order valence-electron chi connectivity index (χ1n) is 20.3. The summed E-state index contributed by atoms with van der Waals surface area (Å²) >= 11 is 1.87. The van der Waals surface area contributed by atoms with E-state index < -0.39 is 5.41 Å². The van der Waals surface area contributed by atoms with E-state index in [1.165, 1.54) is 91.9 Å². The second-order valence-corrected chi connectivity index (χ2v) is 16.6. The van der Waals surface area contributed by atoms with E-state index in [1.807, 2.05) is 11.3 Å². The highest BCUT2D eigenvalue weighted by Crippen LogP contribution is 2.60. The van der Waals surface area contributed by atoms with Crippen LogP contribution in [0.25, 0.3) is 64.0 Å². The summed E-state index contributed by atoms with van der Waals surface area (Å²) in [6, 6.07) is 83.0. The lowest BCUT2D eigenvalue weighted by molar-refractivity contribution is 0.775. The normalized spacial score (nSPS) is 12.9. The molecule has 1 aliphatic rings. The van der Waals surface area contributed by atoms with Gasteiger partial charge in [-0.25, -0.2) is 0 Å². The molecule has 0 N–H and O–H groups in total. The molecule has 1 nitrogen and oxygen atoms in total. The number of para-hydroxylation sites is 1. The molecule has 59 heavy (non-hydrogen) atoms. The van der Waals surface area contributed by atoms with Crippen LogP contribution in [0.2, 0.25) is 0 Å². The van der Waals surface area contributed by atoms with Crippen LogP contribution < -0.4 is 4.90 Å². The van der Waals surface area contributed by atoms with Crippen LogP contribution in [-0.2, 0) is 5.41 Å². The Hall–Kier alpha value is -7.26. The predicted molar refractivity (Wildman–Crippen MR) is 252 cm³/mol. The molecule has 12 rings (SSSR count). The predicted octanol–water partition coefficient (Wildman–Crippen LogP) is 15.9. The molecule has 2 heteroatoms. The van der Waals surface area contributed by atoms with Gasteiger partial charge in [0.05, 0.1) is 15.8 Å². The Kier molecular flexibility index (Phi) is 7.69. The van der Waals surface area contributed by atoms with Gasteiger partial charge in [0.25, 0.3) is 0 Å². The molecule has 0 radical (unpaired) electrons. The molecule has 10 aromatic carbocycles. The second-order valence-electron chi connectivity index (χ2n) is 15.6. The fourth-order valence-electron chi connectivity index (χ4n) is 10.0. The third-order valence-corrected chi connectivity index (χ3v) is 13.7. The molecule has 11 aromatic rings. The summed E-state index contributed by atoms with van der Waals surface area (Å²) in [4.78, 5) is 2.42. The summed E-state index contributed by atoms with van der Waals surface area (Å²) in [5, 5.41) is 7.55. The minimum Gasteiger partial charge on any atom is -0.309 e. The standard InChI is InChI=1S/C57H37NS/c1-4-18-42(19-5-1)57(43-20-6-2-7-21-43)51-28-14-12-26-49(51)54-50(37-40-17-10-11-24-46(40)55(54)57)41-32-31-39-36-45(34-33-38(39)35-41)58(44-22-8-3-9-23-44)52-29-16-27-48-47-25-13-15-30-53(47)59-56(48)52/h1-37H. The summed E-state index contributed by atoms with van der Waals surface area (Å²) in [5.41, 5.74) is 13.3. The quantitative estimate of drug-likeness (QED) is 0.163. The highest BCUT2D eigenvalue weighted by Gasteiger charge is 2.48. The SMILES string of the molecule is c1ccc(N(c2ccc3cc(-c4cc5ccccc5c5c4-c4ccccc4C5(c4ccccc4)c4ccccc4)ccc3c2)c2cccc3c2sc2ccccc23)cc1. The lowest BCUT2D eigenvalue weighted by Gasteiger charge is -2.35. The van der Waals surface area contributed by atoms with Gasteiger partial charge in [0.15, 0.2) is 0 Å². The number of benzene rings is 10. The second kappa shape index (κ2) is 13.4. The molecule has 0 aliphatic heterocycles. The largest absolute Gasteiger partial charge is 0.309 e. The molecule has 0 unspecified atom stereocenters. The van der Waals surface area contributed by atoms with E-state index in [2.05, 4.69) is 229 Å². The van der Waals surface area contributed by atoms with Crippen LogP contribution in [0.4, 0.5) is 17.1 Å². The zero-order valence-electron chi connectivity index (χ0n) is 32.2. The van der Waals surface area contributed by atoms with Crippen molar-refractivity contribution in [1.82, 2.24) is 0 Å². The topological polar surface area (TPSA) is 3.24 Å². The molecule has 1 aromatic heterocycles. The Labute approximate surface area is 347 Å². The van der Waals surface area contributed by atoms with Crippen molar-refractivity contribution in [2.24, 2.45) is 0 Å². The van der Waals surface area contributed by atoms with Crippen molar-refractivity contribution >= 4 is 70.1 Å². The molecule has 0 spiro atoms. The van der Waals surface area contributed by atoms with Gasteiger partial charge in [-0.15, -0.1) is 11.3 Å². The molecule has 276 valence electrons. The fraction of sp³-hybridized carbons (Fsp3) is 0.0175. The minimum absolute atomic E-state index is 0.492. The van der Waals surface area contributed by atoms with Gasteiger partial charge in [-0.1, -0.05) is 176 Å². The molecular weight excluding hydrogens is 731 g/mol. The van der Waals surface area contributed by atoms with Crippen molar-refractivity contribution < 1.29 is 0 Å². The number of hydrogen-bond acceptors (Lipinski definition) is 2. The third-order valence-electron chi connectivity index (χ3n) is 12.5. The van der Waals surface area contributed by atoms with E-state index in [4.69, 9.17) is 0 Å². The average molecular weight is 768 g/mol. The Balaban J connectivity index is 1.07. The number of rotatable bonds is 6. The van der Waals surface area contributed by atoms with Crippen LogP contribution in [0.15, 0.2) is 224 Å². The number of hydrogen-bond donors (Lipinski definition) is 0. The van der Waals surface area contributed by atoms with Crippen molar-refractivity contribution in [2.45, 2.75) is 5.41 Å². The van der Waals surface area contributed by atoms with Gasteiger partial charge >= 0.3 is 0 Å². The van der Waals surface area contributed by atoms with Gasteiger partial charge in [0.1, 0.15) is 0 Å². The maximum absolute atomic E-state index is 2.43. The molecule has 1 heterocycles. The summed E-state index contributed by atoms with van der Waals surface area (Å²) < 4.78 is 2.60. The summed E-state index contributed by atoms with van der Waals surface area (Å²) in [5.74, 6) is 0. The molecule has 0 fully saturated rings. The van der Waals surface area contributed by atoms with Crippen LogP contribution in [0, 0.1) is 0 Å². The van der Waals surface area contributed by atoms with E-state index in [0.29, 0.717) is 0 Å². The van der Waals surface area contributed by atoms with Gasteiger partial charge in [-0.3, -0.25) is 0 Å². The van der Waals surface area contributed by atoms with E-state index >= 15 is 0 Å². The smallest absolute Gasteiger partial charge is 0.0719 e. The molecular formula is C57H37NS. The number of thiophene rings is 1. The molecule has 0 amide bonds. The summed E-state index contributed by atoms with van der Waals surface area (Å²) in [7, 11) is 0. The van der Waals surface area contributed by atoms with Crippen molar-refractivity contribution in [3.8, 4) is 22.3 Å². The first-order chi connectivity index (χ1) is 29.3. The lowest BCUT2D eigenvalue weighted by atomic mass is 9.66. The Morgan fingerprint density at radius 2 is 1.02 bits per heavy atom. The monoisotopic (exact) mass is 767 g/mol. The van der Waals surface area contributed by atoms with Crippen LogP contribution in [0.1, 0.15) is 22.3 Å². The fourth-order valence-corrected chi connectivity index (χ4v) is 11.2. The molecule has 0 atom stereocenters.